The molecule has 2 aromatic rings. The molecule has 110 valence electrons. The van der Waals surface area contributed by atoms with Crippen molar-refractivity contribution in [3.63, 3.8) is 0 Å². The van der Waals surface area contributed by atoms with E-state index in [4.69, 9.17) is 22.1 Å². The molecule has 0 aliphatic rings. The van der Waals surface area contributed by atoms with Crippen LogP contribution in [0.4, 0.5) is 5.69 Å². The van der Waals surface area contributed by atoms with E-state index in [1.54, 1.807) is 19.1 Å². The summed E-state index contributed by atoms with van der Waals surface area (Å²) in [6, 6.07) is 9.01. The summed E-state index contributed by atoms with van der Waals surface area (Å²) in [5, 5.41) is 0.238. The Morgan fingerprint density at radius 1 is 1.43 bits per heavy atom. The third-order valence-corrected chi connectivity index (χ3v) is 3.24. The number of halogens is 1. The minimum absolute atomic E-state index is 0.209. The van der Waals surface area contributed by atoms with Gasteiger partial charge in [-0.15, -0.1) is 0 Å². The summed E-state index contributed by atoms with van der Waals surface area (Å²) >= 11 is 5.81. The first-order valence-corrected chi connectivity index (χ1v) is 6.68. The Morgan fingerprint density at radius 3 is 2.90 bits per heavy atom. The number of pyridine rings is 1. The zero-order valence-electron chi connectivity index (χ0n) is 11.8. The molecule has 0 aliphatic carbocycles. The molecule has 0 atom stereocenters. The summed E-state index contributed by atoms with van der Waals surface area (Å²) in [4.78, 5) is 17.8. The van der Waals surface area contributed by atoms with Gasteiger partial charge in [0.05, 0.1) is 24.6 Å². The van der Waals surface area contributed by atoms with Crippen molar-refractivity contribution in [3.8, 4) is 5.75 Å². The minimum atomic E-state index is -0.209. The van der Waals surface area contributed by atoms with Crippen molar-refractivity contribution in [1.82, 2.24) is 9.88 Å². The highest BCUT2D eigenvalue weighted by molar-refractivity contribution is 6.29. The van der Waals surface area contributed by atoms with Crippen LogP contribution < -0.4 is 10.5 Å². The number of carbonyl (C=O) groups is 1. The van der Waals surface area contributed by atoms with E-state index in [-0.39, 0.29) is 11.1 Å². The number of nitrogens with zero attached hydrogens (tertiary/aromatic N) is 2. The van der Waals surface area contributed by atoms with E-state index >= 15 is 0 Å². The summed E-state index contributed by atoms with van der Waals surface area (Å²) in [7, 11) is 3.31. The van der Waals surface area contributed by atoms with E-state index in [1.807, 2.05) is 24.3 Å². The molecule has 2 N–H and O–H groups in total. The van der Waals surface area contributed by atoms with Gasteiger partial charge in [0.2, 0.25) is 0 Å². The Labute approximate surface area is 128 Å². The molecule has 0 radical (unpaired) electrons. The number of methoxy groups -OCH3 is 1. The number of ether oxygens (including phenoxy) is 1. The average molecular weight is 306 g/mol. The van der Waals surface area contributed by atoms with E-state index in [2.05, 4.69) is 4.98 Å². The summed E-state index contributed by atoms with van der Waals surface area (Å²) in [6.45, 7) is 0.440. The maximum Gasteiger partial charge on any atom is 0.256 e. The number of hydrogen-bond acceptors (Lipinski definition) is 4. The fraction of sp³-hybridized carbons (Fsp3) is 0.200. The largest absolute Gasteiger partial charge is 0.497 e. The van der Waals surface area contributed by atoms with Crippen molar-refractivity contribution in [2.45, 2.75) is 6.54 Å². The van der Waals surface area contributed by atoms with Crippen LogP contribution in [0, 0.1) is 0 Å². The van der Waals surface area contributed by atoms with Crippen molar-refractivity contribution in [1.29, 1.82) is 0 Å². The number of nitrogen functional groups attached to an aromatic ring is 1. The molecule has 1 amide bonds. The van der Waals surface area contributed by atoms with Gasteiger partial charge in [0.15, 0.2) is 0 Å². The second-order valence-electron chi connectivity index (χ2n) is 4.61. The minimum Gasteiger partial charge on any atom is -0.497 e. The molecule has 0 bridgehead atoms. The number of nitrogens with two attached hydrogens (primary N) is 1. The van der Waals surface area contributed by atoms with Crippen LogP contribution in [0.5, 0.6) is 5.75 Å². The van der Waals surface area contributed by atoms with Gasteiger partial charge in [-0.2, -0.15) is 0 Å². The average Bonchev–Trinajstić information content (AvgIpc) is 2.49. The molecule has 1 aromatic carbocycles. The van der Waals surface area contributed by atoms with Gasteiger partial charge in [0.1, 0.15) is 10.9 Å². The van der Waals surface area contributed by atoms with Crippen LogP contribution in [0.2, 0.25) is 5.15 Å². The van der Waals surface area contributed by atoms with Gasteiger partial charge < -0.3 is 15.4 Å². The molecule has 1 heterocycles. The Hall–Kier alpha value is -2.27. The number of hydrogen-bond donors (Lipinski definition) is 1. The van der Waals surface area contributed by atoms with E-state index < -0.39 is 0 Å². The zero-order chi connectivity index (χ0) is 15.4. The smallest absolute Gasteiger partial charge is 0.256 e. The van der Waals surface area contributed by atoms with E-state index in [1.165, 1.54) is 12.3 Å². The number of aromatic nitrogens is 1. The maximum absolute atomic E-state index is 12.4. The topological polar surface area (TPSA) is 68.5 Å². The first kappa shape index (κ1) is 15.1. The van der Waals surface area contributed by atoms with Gasteiger partial charge in [-0.1, -0.05) is 23.7 Å². The summed E-state index contributed by atoms with van der Waals surface area (Å²) in [6.07, 6.45) is 1.38. The van der Waals surface area contributed by atoms with Crippen LogP contribution >= 0.6 is 11.6 Å². The Balaban J connectivity index is 2.17. The van der Waals surface area contributed by atoms with Gasteiger partial charge in [-0.25, -0.2) is 4.98 Å². The van der Waals surface area contributed by atoms with Gasteiger partial charge >= 0.3 is 0 Å². The molecule has 21 heavy (non-hydrogen) atoms. The molecular formula is C15H16ClN3O2. The standard InChI is InChI=1S/C15H16ClN3O2/c1-19(9-10-4-3-5-11(6-10)21-2)15(20)12-7-14(16)18-8-13(12)17/h3-8H,9,17H2,1-2H3. The SMILES string of the molecule is COc1cccc(CN(C)C(=O)c2cc(Cl)ncc2N)c1. The van der Waals surface area contributed by atoms with E-state index in [0.717, 1.165) is 11.3 Å². The molecule has 1 aromatic heterocycles. The summed E-state index contributed by atoms with van der Waals surface area (Å²) in [5.74, 6) is 0.541. The molecule has 0 saturated carbocycles. The number of benzene rings is 1. The number of anilines is 1. The first-order chi connectivity index (χ1) is 10.0. The van der Waals surface area contributed by atoms with E-state index in [0.29, 0.717) is 17.8 Å². The quantitative estimate of drug-likeness (QED) is 0.882. The highest BCUT2D eigenvalue weighted by Crippen LogP contribution is 2.19. The van der Waals surface area contributed by atoms with Crippen molar-refractivity contribution < 1.29 is 9.53 Å². The van der Waals surface area contributed by atoms with Crippen molar-refractivity contribution >= 4 is 23.2 Å². The first-order valence-electron chi connectivity index (χ1n) is 6.30. The second-order valence-corrected chi connectivity index (χ2v) is 4.99. The summed E-state index contributed by atoms with van der Waals surface area (Å²) < 4.78 is 5.17. The van der Waals surface area contributed by atoms with Crippen LogP contribution in [0.1, 0.15) is 15.9 Å². The fourth-order valence-corrected chi connectivity index (χ4v) is 2.11. The van der Waals surface area contributed by atoms with Crippen LogP contribution in [-0.4, -0.2) is 29.9 Å². The Morgan fingerprint density at radius 2 is 2.19 bits per heavy atom. The van der Waals surface area contributed by atoms with Crippen molar-refractivity contribution in [2.24, 2.45) is 0 Å². The zero-order valence-corrected chi connectivity index (χ0v) is 12.6. The van der Waals surface area contributed by atoms with Crippen molar-refractivity contribution in [3.05, 3.63) is 52.8 Å². The van der Waals surface area contributed by atoms with E-state index in [9.17, 15) is 4.79 Å². The van der Waals surface area contributed by atoms with Gasteiger partial charge in [-0.05, 0) is 23.8 Å². The molecule has 0 aliphatic heterocycles. The van der Waals surface area contributed by atoms with Crippen LogP contribution in [-0.2, 0) is 6.54 Å². The molecule has 0 spiro atoms. The second kappa shape index (κ2) is 6.45. The molecule has 0 saturated heterocycles. The molecule has 2 rings (SSSR count). The van der Waals surface area contributed by atoms with Gasteiger partial charge in [0.25, 0.3) is 5.91 Å². The molecule has 6 heteroatoms. The van der Waals surface area contributed by atoms with Gasteiger partial charge in [0, 0.05) is 13.6 Å². The molecule has 0 unspecified atom stereocenters. The number of amides is 1. The maximum atomic E-state index is 12.4. The highest BCUT2D eigenvalue weighted by Gasteiger charge is 2.16. The lowest BCUT2D eigenvalue weighted by Gasteiger charge is -2.18. The lowest BCUT2D eigenvalue weighted by Crippen LogP contribution is -2.27. The van der Waals surface area contributed by atoms with Crippen LogP contribution in [0.3, 0.4) is 0 Å². The predicted molar refractivity (Wildman–Crippen MR) is 82.5 cm³/mol. The fourth-order valence-electron chi connectivity index (χ4n) is 1.95. The van der Waals surface area contributed by atoms with Crippen LogP contribution in [0.25, 0.3) is 0 Å². The lowest BCUT2D eigenvalue weighted by molar-refractivity contribution is 0.0786. The normalized spacial score (nSPS) is 10.2. The highest BCUT2D eigenvalue weighted by atomic mass is 35.5. The third-order valence-electron chi connectivity index (χ3n) is 3.03. The number of carbonyl (C=O) groups excluding carboxylic acids is 1. The molecule has 5 nitrogen and oxygen atoms in total. The summed E-state index contributed by atoms with van der Waals surface area (Å²) in [5.41, 5.74) is 7.40. The predicted octanol–water partition coefficient (Wildman–Crippen LogP) is 2.60. The third kappa shape index (κ3) is 3.64. The molecule has 0 fully saturated rings. The number of rotatable bonds is 4. The Kier molecular flexibility index (Phi) is 4.65. The Bertz CT molecular complexity index is 661. The lowest BCUT2D eigenvalue weighted by atomic mass is 10.1. The molecular weight excluding hydrogens is 290 g/mol. The van der Waals surface area contributed by atoms with Crippen molar-refractivity contribution in [2.75, 3.05) is 19.9 Å². The van der Waals surface area contributed by atoms with Crippen LogP contribution in [0.15, 0.2) is 36.5 Å². The van der Waals surface area contributed by atoms with Gasteiger partial charge in [-0.3, -0.25) is 4.79 Å². The monoisotopic (exact) mass is 305 g/mol.